The van der Waals surface area contributed by atoms with Crippen LogP contribution < -0.4 is 10.2 Å². The summed E-state index contributed by atoms with van der Waals surface area (Å²) in [4.78, 5) is 6.47. The first-order chi connectivity index (χ1) is 10.1. The van der Waals surface area contributed by atoms with Crippen molar-refractivity contribution >= 4 is 27.4 Å². The van der Waals surface area contributed by atoms with Gasteiger partial charge in [-0.25, -0.2) is 9.37 Å². The molecule has 112 valence electrons. The second kappa shape index (κ2) is 7.52. The van der Waals surface area contributed by atoms with E-state index in [9.17, 15) is 4.39 Å². The van der Waals surface area contributed by atoms with Crippen LogP contribution >= 0.6 is 15.9 Å². The van der Waals surface area contributed by atoms with Crippen molar-refractivity contribution in [2.75, 3.05) is 18.5 Å². The van der Waals surface area contributed by atoms with Gasteiger partial charge in [0, 0.05) is 35.5 Å². The van der Waals surface area contributed by atoms with Gasteiger partial charge in [-0.05, 0) is 59.2 Å². The zero-order chi connectivity index (χ0) is 15.2. The van der Waals surface area contributed by atoms with Crippen LogP contribution in [0.1, 0.15) is 18.9 Å². The maximum absolute atomic E-state index is 13.0. The lowest BCUT2D eigenvalue weighted by molar-refractivity contribution is 0.628. The number of nitrogens with zero attached hydrogens (tertiary/aromatic N) is 2. The molecule has 1 N–H and O–H groups in total. The molecule has 0 radical (unpaired) electrons. The van der Waals surface area contributed by atoms with E-state index >= 15 is 0 Å². The van der Waals surface area contributed by atoms with Crippen molar-refractivity contribution in [2.45, 2.75) is 19.9 Å². The van der Waals surface area contributed by atoms with E-state index in [4.69, 9.17) is 0 Å². The highest BCUT2D eigenvalue weighted by Gasteiger charge is 2.11. The second-order valence-corrected chi connectivity index (χ2v) is 5.76. The first-order valence-corrected chi connectivity index (χ1v) is 7.75. The van der Waals surface area contributed by atoms with Crippen LogP contribution in [0.5, 0.6) is 0 Å². The first kappa shape index (κ1) is 15.9. The van der Waals surface area contributed by atoms with Crippen LogP contribution in [0.4, 0.5) is 15.9 Å². The van der Waals surface area contributed by atoms with E-state index in [2.05, 4.69) is 39.2 Å². The molecule has 0 aliphatic heterocycles. The predicted octanol–water partition coefficient (Wildman–Crippen LogP) is 4.25. The molecule has 0 amide bonds. The molecule has 0 aliphatic rings. The van der Waals surface area contributed by atoms with Crippen LogP contribution in [-0.4, -0.2) is 18.6 Å². The standard InChI is InChI=1S/C16H19BrFN3/c1-3-8-19-10-12-9-13(17)11-20-16(12)21(2)15-6-4-14(18)5-7-15/h4-7,9,11,19H,3,8,10H2,1-2H3. The SMILES string of the molecule is CCCNCc1cc(Br)cnc1N(C)c1ccc(F)cc1. The Morgan fingerprint density at radius 2 is 2.00 bits per heavy atom. The van der Waals surface area contributed by atoms with Gasteiger partial charge in [0.2, 0.25) is 0 Å². The van der Waals surface area contributed by atoms with E-state index < -0.39 is 0 Å². The quantitative estimate of drug-likeness (QED) is 0.788. The number of halogens is 2. The minimum Gasteiger partial charge on any atom is -0.329 e. The van der Waals surface area contributed by atoms with E-state index in [0.717, 1.165) is 41.1 Å². The highest BCUT2D eigenvalue weighted by molar-refractivity contribution is 9.10. The number of aromatic nitrogens is 1. The molecule has 0 bridgehead atoms. The van der Waals surface area contributed by atoms with Crippen LogP contribution in [0, 0.1) is 5.82 Å². The van der Waals surface area contributed by atoms with Crippen LogP contribution in [0.2, 0.25) is 0 Å². The fraction of sp³-hybridized carbons (Fsp3) is 0.312. The number of pyridine rings is 1. The molecule has 1 aromatic heterocycles. The normalized spacial score (nSPS) is 10.7. The van der Waals surface area contributed by atoms with Crippen molar-refractivity contribution in [3.8, 4) is 0 Å². The lowest BCUT2D eigenvalue weighted by Crippen LogP contribution is -2.19. The van der Waals surface area contributed by atoms with Crippen LogP contribution in [-0.2, 0) is 6.54 Å². The van der Waals surface area contributed by atoms with Gasteiger partial charge in [-0.15, -0.1) is 0 Å². The Morgan fingerprint density at radius 1 is 1.29 bits per heavy atom. The molecule has 1 heterocycles. The number of hydrogen-bond donors (Lipinski definition) is 1. The first-order valence-electron chi connectivity index (χ1n) is 6.96. The summed E-state index contributed by atoms with van der Waals surface area (Å²) in [6.45, 7) is 3.85. The van der Waals surface area contributed by atoms with Gasteiger partial charge in [0.05, 0.1) is 0 Å². The Hall–Kier alpha value is -1.46. The van der Waals surface area contributed by atoms with Gasteiger partial charge in [-0.1, -0.05) is 6.92 Å². The fourth-order valence-corrected chi connectivity index (χ4v) is 2.47. The Balaban J connectivity index is 2.26. The molecule has 0 saturated heterocycles. The third-order valence-electron chi connectivity index (χ3n) is 3.18. The van der Waals surface area contributed by atoms with Crippen LogP contribution in [0.25, 0.3) is 0 Å². The molecule has 0 spiro atoms. The van der Waals surface area contributed by atoms with Gasteiger partial charge >= 0.3 is 0 Å². The van der Waals surface area contributed by atoms with Crippen molar-refractivity contribution in [3.63, 3.8) is 0 Å². The molecular weight excluding hydrogens is 333 g/mol. The molecule has 1 aromatic carbocycles. The number of hydrogen-bond acceptors (Lipinski definition) is 3. The number of anilines is 2. The second-order valence-electron chi connectivity index (χ2n) is 4.85. The summed E-state index contributed by atoms with van der Waals surface area (Å²) in [6, 6.07) is 8.48. The largest absolute Gasteiger partial charge is 0.329 e. The molecule has 2 rings (SSSR count). The van der Waals surface area contributed by atoms with Gasteiger partial charge in [-0.2, -0.15) is 0 Å². The Morgan fingerprint density at radius 3 is 2.67 bits per heavy atom. The van der Waals surface area contributed by atoms with Crippen molar-refractivity contribution in [1.82, 2.24) is 10.3 Å². The number of nitrogens with one attached hydrogen (secondary N) is 1. The van der Waals surface area contributed by atoms with Crippen LogP contribution in [0.15, 0.2) is 41.0 Å². The fourth-order valence-electron chi connectivity index (χ4n) is 2.09. The van der Waals surface area contributed by atoms with Gasteiger partial charge in [0.25, 0.3) is 0 Å². The minimum absolute atomic E-state index is 0.235. The molecule has 2 aromatic rings. The molecule has 0 unspecified atom stereocenters. The molecule has 0 atom stereocenters. The third-order valence-corrected chi connectivity index (χ3v) is 3.62. The zero-order valence-electron chi connectivity index (χ0n) is 12.2. The minimum atomic E-state index is -0.235. The third kappa shape index (κ3) is 4.25. The molecule has 0 aliphatic carbocycles. The summed E-state index contributed by atoms with van der Waals surface area (Å²) < 4.78 is 14.0. The zero-order valence-corrected chi connectivity index (χ0v) is 13.8. The van der Waals surface area contributed by atoms with Gasteiger partial charge < -0.3 is 10.2 Å². The molecule has 0 saturated carbocycles. The maximum Gasteiger partial charge on any atom is 0.137 e. The van der Waals surface area contributed by atoms with E-state index in [1.807, 2.05) is 11.9 Å². The summed E-state index contributed by atoms with van der Waals surface area (Å²) in [5, 5.41) is 3.39. The summed E-state index contributed by atoms with van der Waals surface area (Å²) in [5.41, 5.74) is 2.01. The molecule has 3 nitrogen and oxygen atoms in total. The average Bonchev–Trinajstić information content (AvgIpc) is 2.48. The van der Waals surface area contributed by atoms with Gasteiger partial charge in [-0.3, -0.25) is 0 Å². The van der Waals surface area contributed by atoms with E-state index in [1.165, 1.54) is 12.1 Å². The molecule has 0 fully saturated rings. The monoisotopic (exact) mass is 351 g/mol. The lowest BCUT2D eigenvalue weighted by atomic mass is 10.2. The smallest absolute Gasteiger partial charge is 0.137 e. The Bertz CT molecular complexity index is 587. The average molecular weight is 352 g/mol. The highest BCUT2D eigenvalue weighted by atomic mass is 79.9. The van der Waals surface area contributed by atoms with E-state index in [0.29, 0.717) is 0 Å². The van der Waals surface area contributed by atoms with Crippen molar-refractivity contribution in [3.05, 3.63) is 52.4 Å². The van der Waals surface area contributed by atoms with Crippen molar-refractivity contribution in [1.29, 1.82) is 0 Å². The maximum atomic E-state index is 13.0. The summed E-state index contributed by atoms with van der Waals surface area (Å²) >= 11 is 3.46. The lowest BCUT2D eigenvalue weighted by Gasteiger charge is -2.21. The summed E-state index contributed by atoms with van der Waals surface area (Å²) in [5.74, 6) is 0.633. The Kier molecular flexibility index (Phi) is 5.70. The van der Waals surface area contributed by atoms with Crippen molar-refractivity contribution < 1.29 is 4.39 Å². The van der Waals surface area contributed by atoms with E-state index in [-0.39, 0.29) is 5.82 Å². The topological polar surface area (TPSA) is 28.2 Å². The Labute approximate surface area is 133 Å². The van der Waals surface area contributed by atoms with Crippen molar-refractivity contribution in [2.24, 2.45) is 0 Å². The van der Waals surface area contributed by atoms with Crippen LogP contribution in [0.3, 0.4) is 0 Å². The highest BCUT2D eigenvalue weighted by Crippen LogP contribution is 2.27. The predicted molar refractivity (Wildman–Crippen MR) is 88.4 cm³/mol. The molecule has 21 heavy (non-hydrogen) atoms. The van der Waals surface area contributed by atoms with Gasteiger partial charge in [0.1, 0.15) is 11.6 Å². The number of rotatable bonds is 6. The van der Waals surface area contributed by atoms with E-state index in [1.54, 1.807) is 18.3 Å². The van der Waals surface area contributed by atoms with Gasteiger partial charge in [0.15, 0.2) is 0 Å². The molecular formula is C16H19BrFN3. The number of benzene rings is 1. The summed E-state index contributed by atoms with van der Waals surface area (Å²) in [7, 11) is 1.94. The summed E-state index contributed by atoms with van der Waals surface area (Å²) in [6.07, 6.45) is 2.86. The molecule has 5 heteroatoms.